The third-order valence-electron chi connectivity index (χ3n) is 4.11. The van der Waals surface area contributed by atoms with Crippen molar-refractivity contribution >= 4 is 11.8 Å². The van der Waals surface area contributed by atoms with Gasteiger partial charge in [0.25, 0.3) is 0 Å². The SMILES string of the molecule is C=C(C)OC(C)(C)C(=O)c1ccc(OCCOC(=O)C(C)(C)CC)cc1. The third-order valence-corrected chi connectivity index (χ3v) is 4.11. The van der Waals surface area contributed by atoms with Gasteiger partial charge in [0.1, 0.15) is 19.0 Å². The summed E-state index contributed by atoms with van der Waals surface area (Å²) in [5, 5.41) is 0. The maximum atomic E-state index is 12.5. The molecule has 0 heterocycles. The molecule has 144 valence electrons. The first kappa shape index (κ1) is 21.7. The molecule has 0 spiro atoms. The lowest BCUT2D eigenvalue weighted by molar-refractivity contribution is -0.154. The van der Waals surface area contributed by atoms with Crippen LogP contribution in [0.3, 0.4) is 0 Å². The van der Waals surface area contributed by atoms with Gasteiger partial charge in [-0.25, -0.2) is 0 Å². The summed E-state index contributed by atoms with van der Waals surface area (Å²) >= 11 is 0. The van der Waals surface area contributed by atoms with Crippen LogP contribution in [0.15, 0.2) is 36.6 Å². The first-order valence-electron chi connectivity index (χ1n) is 8.79. The van der Waals surface area contributed by atoms with Gasteiger partial charge in [-0.2, -0.15) is 0 Å². The quantitative estimate of drug-likeness (QED) is 0.264. The topological polar surface area (TPSA) is 61.8 Å². The Morgan fingerprint density at radius 2 is 1.62 bits per heavy atom. The van der Waals surface area contributed by atoms with Crippen LogP contribution < -0.4 is 4.74 Å². The monoisotopic (exact) mass is 362 g/mol. The Hall–Kier alpha value is -2.30. The highest BCUT2D eigenvalue weighted by Crippen LogP contribution is 2.23. The molecule has 0 atom stereocenters. The Morgan fingerprint density at radius 1 is 1.04 bits per heavy atom. The summed E-state index contributed by atoms with van der Waals surface area (Å²) < 4.78 is 16.3. The van der Waals surface area contributed by atoms with Crippen molar-refractivity contribution in [3.63, 3.8) is 0 Å². The van der Waals surface area contributed by atoms with E-state index in [0.29, 0.717) is 23.5 Å². The molecule has 0 unspecified atom stereocenters. The fourth-order valence-electron chi connectivity index (χ4n) is 2.17. The van der Waals surface area contributed by atoms with Gasteiger partial charge in [-0.1, -0.05) is 13.5 Å². The van der Waals surface area contributed by atoms with E-state index < -0.39 is 11.0 Å². The number of allylic oxidation sites excluding steroid dienone is 1. The predicted molar refractivity (Wildman–Crippen MR) is 101 cm³/mol. The van der Waals surface area contributed by atoms with Gasteiger partial charge in [0.05, 0.1) is 11.2 Å². The molecule has 0 N–H and O–H groups in total. The van der Waals surface area contributed by atoms with E-state index in [-0.39, 0.29) is 25.0 Å². The fourth-order valence-corrected chi connectivity index (χ4v) is 2.17. The van der Waals surface area contributed by atoms with E-state index in [1.54, 1.807) is 45.0 Å². The highest BCUT2D eigenvalue weighted by molar-refractivity contribution is 6.02. The van der Waals surface area contributed by atoms with E-state index in [0.717, 1.165) is 0 Å². The van der Waals surface area contributed by atoms with E-state index in [4.69, 9.17) is 14.2 Å². The minimum atomic E-state index is -0.978. The molecule has 5 heteroatoms. The predicted octanol–water partition coefficient (Wildman–Crippen LogP) is 4.56. The largest absolute Gasteiger partial charge is 0.490 e. The van der Waals surface area contributed by atoms with Crippen molar-refractivity contribution in [1.29, 1.82) is 0 Å². The minimum Gasteiger partial charge on any atom is -0.490 e. The summed E-state index contributed by atoms with van der Waals surface area (Å²) in [4.78, 5) is 24.4. The summed E-state index contributed by atoms with van der Waals surface area (Å²) in [6, 6.07) is 6.80. The van der Waals surface area contributed by atoms with Crippen LogP contribution >= 0.6 is 0 Å². The second kappa shape index (κ2) is 8.88. The van der Waals surface area contributed by atoms with Gasteiger partial charge >= 0.3 is 5.97 Å². The highest BCUT2D eigenvalue weighted by Gasteiger charge is 2.30. The Balaban J connectivity index is 2.54. The van der Waals surface area contributed by atoms with Crippen LogP contribution in [0.1, 0.15) is 58.3 Å². The van der Waals surface area contributed by atoms with Gasteiger partial charge in [-0.15, -0.1) is 0 Å². The minimum absolute atomic E-state index is 0.136. The highest BCUT2D eigenvalue weighted by atomic mass is 16.6. The first-order valence-corrected chi connectivity index (χ1v) is 8.79. The zero-order chi connectivity index (χ0) is 20.0. The molecule has 0 bridgehead atoms. The van der Waals surface area contributed by atoms with Crippen molar-refractivity contribution in [1.82, 2.24) is 0 Å². The van der Waals surface area contributed by atoms with Crippen LogP contribution in [-0.4, -0.2) is 30.6 Å². The lowest BCUT2D eigenvalue weighted by Gasteiger charge is -2.25. The molecule has 0 aliphatic carbocycles. The van der Waals surface area contributed by atoms with Crippen molar-refractivity contribution in [3.05, 3.63) is 42.2 Å². The zero-order valence-electron chi connectivity index (χ0n) is 16.7. The molecule has 0 radical (unpaired) electrons. The number of benzene rings is 1. The van der Waals surface area contributed by atoms with E-state index in [1.165, 1.54) is 0 Å². The average Bonchev–Trinajstić information content (AvgIpc) is 2.57. The number of Topliss-reactive ketones (excluding diaryl/α,β-unsaturated/α-hetero) is 1. The van der Waals surface area contributed by atoms with Gasteiger partial charge in [0.2, 0.25) is 5.78 Å². The molecule has 0 saturated heterocycles. The lowest BCUT2D eigenvalue weighted by Crippen LogP contribution is -2.34. The molecule has 0 amide bonds. The van der Waals surface area contributed by atoms with Crippen molar-refractivity contribution in [2.75, 3.05) is 13.2 Å². The fraction of sp³-hybridized carbons (Fsp3) is 0.524. The van der Waals surface area contributed by atoms with E-state index in [2.05, 4.69) is 6.58 Å². The maximum Gasteiger partial charge on any atom is 0.311 e. The Kier molecular flexibility index (Phi) is 7.42. The van der Waals surface area contributed by atoms with Gasteiger partial charge in [0, 0.05) is 5.56 Å². The lowest BCUT2D eigenvalue weighted by atomic mass is 9.91. The summed E-state index contributed by atoms with van der Waals surface area (Å²) in [6.07, 6.45) is 0.716. The molecule has 0 saturated carbocycles. The van der Waals surface area contributed by atoms with Crippen LogP contribution in [0.25, 0.3) is 0 Å². The zero-order valence-corrected chi connectivity index (χ0v) is 16.7. The number of ketones is 1. The number of hydrogen-bond acceptors (Lipinski definition) is 5. The summed E-state index contributed by atoms with van der Waals surface area (Å²) in [6.45, 7) is 14.9. The van der Waals surface area contributed by atoms with Gasteiger partial charge < -0.3 is 14.2 Å². The van der Waals surface area contributed by atoms with Gasteiger partial charge in [-0.3, -0.25) is 9.59 Å². The van der Waals surface area contributed by atoms with Gasteiger partial charge in [0.15, 0.2) is 5.60 Å². The van der Waals surface area contributed by atoms with Crippen LogP contribution in [0.5, 0.6) is 5.75 Å². The third kappa shape index (κ3) is 6.21. The van der Waals surface area contributed by atoms with Crippen molar-refractivity contribution in [2.45, 2.75) is 53.6 Å². The van der Waals surface area contributed by atoms with Crippen LogP contribution in [0.2, 0.25) is 0 Å². The molecule has 5 nitrogen and oxygen atoms in total. The van der Waals surface area contributed by atoms with E-state index >= 15 is 0 Å². The molecule has 0 aliphatic heterocycles. The number of hydrogen-bond donors (Lipinski definition) is 0. The van der Waals surface area contributed by atoms with Crippen molar-refractivity contribution in [2.24, 2.45) is 5.41 Å². The Bertz CT molecular complexity index is 641. The molecule has 1 aromatic carbocycles. The van der Waals surface area contributed by atoms with E-state index in [9.17, 15) is 9.59 Å². The van der Waals surface area contributed by atoms with Crippen molar-refractivity contribution in [3.8, 4) is 5.75 Å². The van der Waals surface area contributed by atoms with E-state index in [1.807, 2.05) is 20.8 Å². The Labute approximate surface area is 156 Å². The normalized spacial score (nSPS) is 11.6. The van der Waals surface area contributed by atoms with Crippen LogP contribution in [-0.2, 0) is 14.3 Å². The molecule has 26 heavy (non-hydrogen) atoms. The van der Waals surface area contributed by atoms with Gasteiger partial charge in [-0.05, 0) is 65.3 Å². The van der Waals surface area contributed by atoms with Crippen molar-refractivity contribution < 1.29 is 23.8 Å². The molecule has 0 aliphatic rings. The summed E-state index contributed by atoms with van der Waals surface area (Å²) in [5.74, 6) is 0.724. The second-order valence-corrected chi connectivity index (χ2v) is 7.39. The summed E-state index contributed by atoms with van der Waals surface area (Å²) in [7, 11) is 0. The number of carbonyl (C=O) groups excluding carboxylic acids is 2. The number of esters is 1. The average molecular weight is 362 g/mol. The standard InChI is InChI=1S/C21H30O5/c1-8-20(4,5)19(23)25-14-13-24-17-11-9-16(10-12-17)18(22)21(6,7)26-15(2)3/h9-12H,2,8,13-14H2,1,3-7H3. The first-order chi connectivity index (χ1) is 12.0. The molecular formula is C21H30O5. The van der Waals surface area contributed by atoms with Crippen LogP contribution in [0, 0.1) is 5.41 Å². The maximum absolute atomic E-state index is 12.5. The smallest absolute Gasteiger partial charge is 0.311 e. The summed E-state index contributed by atoms with van der Waals surface area (Å²) in [5.41, 5.74) is -0.936. The molecule has 0 fully saturated rings. The molecule has 0 aromatic heterocycles. The molecule has 1 aromatic rings. The number of carbonyl (C=O) groups is 2. The molecule has 1 rings (SSSR count). The number of rotatable bonds is 10. The van der Waals surface area contributed by atoms with Crippen LogP contribution in [0.4, 0.5) is 0 Å². The Morgan fingerprint density at radius 3 is 2.12 bits per heavy atom. The molecular weight excluding hydrogens is 332 g/mol. The second-order valence-electron chi connectivity index (χ2n) is 7.39. The number of ether oxygens (including phenoxy) is 3.